The minimum atomic E-state index is -2.16. The molecular weight excluding hydrogens is 600 g/mol. The standard InChI is InChI=1S/C12H20N4O8.C8H14N4O6.2CH4/c1-23-12(11(21)22)3-2-6(15-8(19)4-14-16-13)10(24-12)9(20)7(18)5-17;9-12-10-1-4(14)11-5-7(16)6(15)3(2-13)18-8(5)17;;/h6-7,9-10,17-18,20H,2-5H2,1H3,(H,15,19)(H,21,22);3,5-8,13,15-17H,1-2H2,(H,11,14);2*1H4/p-1/t6-,7-,9-,10?,12-;3?,5?,6-,7-,8?;;/m11../s1. The quantitative estimate of drug-likeness (QED) is 0.0549. The van der Waals surface area contributed by atoms with E-state index in [4.69, 9.17) is 35.5 Å². The number of carbonyl (C=O) groups is 3. The third-order valence-electron chi connectivity index (χ3n) is 6.20. The van der Waals surface area contributed by atoms with Crippen molar-refractivity contribution in [2.24, 2.45) is 10.2 Å². The lowest BCUT2D eigenvalue weighted by Gasteiger charge is -2.46. The molecule has 0 aromatic heterocycles. The normalized spacial score (nSPS) is 30.5. The molecule has 0 bridgehead atoms. The zero-order valence-electron chi connectivity index (χ0n) is 22.1. The maximum Gasteiger partial charge on any atom is 0.226 e. The zero-order chi connectivity index (χ0) is 32.0. The first-order valence-electron chi connectivity index (χ1n) is 12.1. The van der Waals surface area contributed by atoms with E-state index in [1.165, 1.54) is 0 Å². The molecule has 2 heterocycles. The summed E-state index contributed by atoms with van der Waals surface area (Å²) in [6.45, 7) is -2.42. The fourth-order valence-electron chi connectivity index (χ4n) is 3.97. The molecule has 44 heavy (non-hydrogen) atoms. The van der Waals surface area contributed by atoms with E-state index in [2.05, 4.69) is 30.7 Å². The van der Waals surface area contributed by atoms with E-state index >= 15 is 0 Å². The number of hydrogen-bond acceptors (Lipinski definition) is 16. The molecule has 2 aliphatic rings. The fraction of sp³-hybridized carbons (Fsp3) is 0.864. The van der Waals surface area contributed by atoms with Gasteiger partial charge in [-0.25, -0.2) is 0 Å². The van der Waals surface area contributed by atoms with Crippen LogP contribution < -0.4 is 15.7 Å². The Kier molecular flexibility index (Phi) is 20.0. The summed E-state index contributed by atoms with van der Waals surface area (Å²) in [4.78, 5) is 39.0. The second-order valence-corrected chi connectivity index (χ2v) is 8.88. The average Bonchev–Trinajstić information content (AvgIpc) is 2.98. The van der Waals surface area contributed by atoms with Crippen molar-refractivity contribution in [3.8, 4) is 0 Å². The number of aliphatic carboxylic acids is 1. The van der Waals surface area contributed by atoms with Crippen LogP contribution in [0.15, 0.2) is 10.2 Å². The summed E-state index contributed by atoms with van der Waals surface area (Å²) >= 11 is 0. The Bertz CT molecular complexity index is 1010. The van der Waals surface area contributed by atoms with Gasteiger partial charge < -0.3 is 70.5 Å². The molecule has 22 nitrogen and oxygen atoms in total. The Morgan fingerprint density at radius 3 is 2.05 bits per heavy atom. The molecule has 22 heteroatoms. The minimum Gasteiger partial charge on any atom is -0.544 e. The summed E-state index contributed by atoms with van der Waals surface area (Å²) in [5, 5.41) is 88.1. The molecule has 2 rings (SSSR count). The van der Waals surface area contributed by atoms with Crippen molar-refractivity contribution in [1.82, 2.24) is 10.6 Å². The summed E-state index contributed by atoms with van der Waals surface area (Å²) < 4.78 is 14.9. The zero-order valence-corrected chi connectivity index (χ0v) is 22.1. The van der Waals surface area contributed by atoms with Gasteiger partial charge in [-0.2, -0.15) is 0 Å². The first-order valence-corrected chi connectivity index (χ1v) is 12.1. The number of carbonyl (C=O) groups excluding carboxylic acids is 3. The van der Waals surface area contributed by atoms with Crippen LogP contribution in [0.3, 0.4) is 0 Å². The largest absolute Gasteiger partial charge is 0.544 e. The molecule has 9 N–H and O–H groups in total. The maximum absolute atomic E-state index is 11.7. The summed E-state index contributed by atoms with van der Waals surface area (Å²) in [5.41, 5.74) is 16.2. The number of hydrogen-bond donors (Lipinski definition) is 9. The van der Waals surface area contributed by atoms with Gasteiger partial charge in [0.05, 0.1) is 19.3 Å². The lowest BCUT2D eigenvalue weighted by molar-refractivity contribution is -0.372. The van der Waals surface area contributed by atoms with Gasteiger partial charge in [0.1, 0.15) is 61.7 Å². The van der Waals surface area contributed by atoms with Crippen molar-refractivity contribution in [1.29, 1.82) is 0 Å². The molecule has 2 amide bonds. The fourth-order valence-corrected chi connectivity index (χ4v) is 3.97. The van der Waals surface area contributed by atoms with Gasteiger partial charge in [-0.05, 0) is 17.5 Å². The number of ether oxygens (including phenoxy) is 3. The molecule has 2 aliphatic heterocycles. The number of methoxy groups -OCH3 is 1. The number of rotatable bonds is 12. The number of amides is 2. The highest BCUT2D eigenvalue weighted by atomic mass is 16.7. The van der Waals surface area contributed by atoms with Gasteiger partial charge >= 0.3 is 0 Å². The minimum absolute atomic E-state index is 0. The van der Waals surface area contributed by atoms with Crippen LogP contribution in [0.4, 0.5) is 0 Å². The predicted molar refractivity (Wildman–Crippen MR) is 143 cm³/mol. The molecule has 254 valence electrons. The number of nitrogens with one attached hydrogen (secondary N) is 2. The Labute approximate surface area is 251 Å². The van der Waals surface area contributed by atoms with Crippen molar-refractivity contribution < 1.29 is 69.4 Å². The average molecular weight is 642 g/mol. The third kappa shape index (κ3) is 11.6. The molecule has 10 atom stereocenters. The van der Waals surface area contributed by atoms with Gasteiger partial charge in [0, 0.05) is 23.4 Å². The molecule has 0 aliphatic carbocycles. The Morgan fingerprint density at radius 2 is 1.59 bits per heavy atom. The predicted octanol–water partition coefficient (Wildman–Crippen LogP) is -4.75. The van der Waals surface area contributed by atoms with Gasteiger partial charge in [0.2, 0.25) is 17.6 Å². The number of carboxylic acid groups (broad SMARTS) is 1. The molecule has 0 aromatic carbocycles. The van der Waals surface area contributed by atoms with E-state index < -0.39 is 105 Å². The number of aliphatic hydroxyl groups is 7. The number of carboxylic acids is 1. The van der Waals surface area contributed by atoms with Crippen LogP contribution >= 0.6 is 0 Å². The second-order valence-electron chi connectivity index (χ2n) is 8.88. The van der Waals surface area contributed by atoms with E-state index in [1.807, 2.05) is 0 Å². The topological polar surface area (TPSA) is 365 Å². The van der Waals surface area contributed by atoms with Crippen LogP contribution in [0.25, 0.3) is 20.9 Å². The highest BCUT2D eigenvalue weighted by molar-refractivity contribution is 5.79. The van der Waals surface area contributed by atoms with Crippen LogP contribution in [0.1, 0.15) is 27.7 Å². The highest BCUT2D eigenvalue weighted by Crippen LogP contribution is 2.32. The van der Waals surface area contributed by atoms with E-state index in [-0.39, 0.29) is 27.7 Å². The second kappa shape index (κ2) is 20.6. The number of nitrogens with zero attached hydrogens (tertiary/aromatic N) is 6. The summed E-state index contributed by atoms with van der Waals surface area (Å²) in [7, 11) is 1.07. The molecule has 4 unspecified atom stereocenters. The molecule has 0 saturated carbocycles. The summed E-state index contributed by atoms with van der Waals surface area (Å²) in [6, 6.07) is -2.19. The number of aliphatic hydroxyl groups excluding tert-OH is 7. The van der Waals surface area contributed by atoms with Gasteiger partial charge in [-0.15, -0.1) is 0 Å². The lowest BCUT2D eigenvalue weighted by Crippen LogP contribution is -2.65. The monoisotopic (exact) mass is 641 g/mol. The van der Waals surface area contributed by atoms with Crippen molar-refractivity contribution >= 4 is 17.8 Å². The molecule has 2 saturated heterocycles. The Hall–Kier alpha value is -3.37. The first kappa shape index (κ1) is 42.8. The van der Waals surface area contributed by atoms with Crippen LogP contribution in [0, 0.1) is 0 Å². The molecule has 0 radical (unpaired) electrons. The van der Waals surface area contributed by atoms with Crippen molar-refractivity contribution in [2.45, 2.75) is 88.5 Å². The van der Waals surface area contributed by atoms with E-state index in [0.29, 0.717) is 0 Å². The van der Waals surface area contributed by atoms with Crippen LogP contribution in [-0.4, -0.2) is 148 Å². The Morgan fingerprint density at radius 1 is 1.05 bits per heavy atom. The van der Waals surface area contributed by atoms with Gasteiger partial charge in [0.25, 0.3) is 0 Å². The Balaban J connectivity index is 0. The molecule has 0 aromatic rings. The van der Waals surface area contributed by atoms with Crippen LogP contribution in [-0.2, 0) is 28.6 Å². The lowest BCUT2D eigenvalue weighted by atomic mass is 9.91. The van der Waals surface area contributed by atoms with E-state index in [0.717, 1.165) is 7.11 Å². The molecular formula is C22H41N8O14-. The van der Waals surface area contributed by atoms with Gasteiger partial charge in [0.15, 0.2) is 6.29 Å². The highest BCUT2D eigenvalue weighted by Gasteiger charge is 2.48. The van der Waals surface area contributed by atoms with Crippen molar-refractivity contribution in [3.05, 3.63) is 20.9 Å². The maximum atomic E-state index is 11.7. The van der Waals surface area contributed by atoms with Gasteiger partial charge in [-0.3, -0.25) is 9.59 Å². The van der Waals surface area contributed by atoms with Crippen LogP contribution in [0.5, 0.6) is 0 Å². The summed E-state index contributed by atoms with van der Waals surface area (Å²) in [5.74, 6) is -5.27. The third-order valence-corrected chi connectivity index (χ3v) is 6.20. The summed E-state index contributed by atoms with van der Waals surface area (Å²) in [6.07, 6.45) is -10.6. The van der Waals surface area contributed by atoms with Crippen molar-refractivity contribution in [2.75, 3.05) is 33.4 Å². The van der Waals surface area contributed by atoms with Crippen molar-refractivity contribution in [3.63, 3.8) is 0 Å². The van der Waals surface area contributed by atoms with E-state index in [1.54, 1.807) is 0 Å². The SMILES string of the molecule is C.C.CO[C@]1(C(=O)[O-])CC[C@@H](NC(=O)CN=[N+]=[N-])C([C@H](O)[C@H](O)CO)O1.[N-]=[N+]=NCC(=O)NC1C(O)OC(CO)[C@@H](O)[C@@H]1O. The molecule has 0 spiro atoms. The first-order chi connectivity index (χ1) is 19.8. The molecule has 2 fully saturated rings. The van der Waals surface area contributed by atoms with E-state index in [9.17, 15) is 45.0 Å². The van der Waals surface area contributed by atoms with Crippen LogP contribution in [0.2, 0.25) is 0 Å². The van der Waals surface area contributed by atoms with Gasteiger partial charge in [-0.1, -0.05) is 25.1 Å². The number of azide groups is 2. The smallest absolute Gasteiger partial charge is 0.226 e.